The number of nitrogens with zero attached hydrogens (tertiary/aromatic N) is 2. The van der Waals surface area contributed by atoms with Crippen molar-refractivity contribution in [1.29, 1.82) is 5.41 Å². The van der Waals surface area contributed by atoms with Crippen molar-refractivity contribution in [3.05, 3.63) is 16.3 Å². The molecule has 0 amide bonds. The van der Waals surface area contributed by atoms with Gasteiger partial charge in [-0.1, -0.05) is 0 Å². The van der Waals surface area contributed by atoms with Crippen LogP contribution < -0.4 is 0 Å². The summed E-state index contributed by atoms with van der Waals surface area (Å²) in [6.07, 6.45) is 1.19. The molecule has 0 aliphatic rings. The van der Waals surface area contributed by atoms with Gasteiger partial charge in [0.1, 0.15) is 6.20 Å². The monoisotopic (exact) mass is 189 g/mol. The minimum atomic E-state index is -0.494. The molecular formula is C4H3N3O2S2. The Hall–Kier alpha value is -0.950. The predicted octanol–water partition coefficient (Wildman–Crippen LogP) is 1.75. The van der Waals surface area contributed by atoms with Crippen LogP contribution in [0.1, 0.15) is 0 Å². The van der Waals surface area contributed by atoms with Gasteiger partial charge in [0.2, 0.25) is 0 Å². The standard InChI is InChI=1S/C4H3N3O2S2/c5-2-10-4-6-1-3(11-4)7(8)9/h1-2,5H. The molecule has 0 saturated carbocycles. The maximum atomic E-state index is 10.1. The van der Waals surface area contributed by atoms with Crippen LogP contribution in [0.15, 0.2) is 10.5 Å². The molecular weight excluding hydrogens is 186 g/mol. The zero-order valence-electron chi connectivity index (χ0n) is 5.18. The van der Waals surface area contributed by atoms with Crippen molar-refractivity contribution >= 4 is 33.6 Å². The zero-order chi connectivity index (χ0) is 8.27. The molecule has 5 nitrogen and oxygen atoms in total. The van der Waals surface area contributed by atoms with E-state index >= 15 is 0 Å². The van der Waals surface area contributed by atoms with Crippen molar-refractivity contribution in [2.24, 2.45) is 0 Å². The summed E-state index contributed by atoms with van der Waals surface area (Å²) in [5.41, 5.74) is 1.09. The van der Waals surface area contributed by atoms with E-state index in [1.807, 2.05) is 0 Å². The number of thioether (sulfide) groups is 1. The summed E-state index contributed by atoms with van der Waals surface area (Å²) < 4.78 is 0.520. The third-order valence-corrected chi connectivity index (χ3v) is 2.52. The Morgan fingerprint density at radius 3 is 3.09 bits per heavy atom. The van der Waals surface area contributed by atoms with Crippen LogP contribution in [-0.4, -0.2) is 15.5 Å². The van der Waals surface area contributed by atoms with Gasteiger partial charge in [-0.15, -0.1) is 0 Å². The van der Waals surface area contributed by atoms with Gasteiger partial charge in [-0.3, -0.25) is 10.1 Å². The van der Waals surface area contributed by atoms with Gasteiger partial charge in [0, 0.05) is 0 Å². The van der Waals surface area contributed by atoms with Crippen LogP contribution in [0.3, 0.4) is 0 Å². The first-order valence-corrected chi connectivity index (χ1v) is 4.19. The number of rotatable bonds is 3. The maximum Gasteiger partial charge on any atom is 0.344 e. The van der Waals surface area contributed by atoms with E-state index in [1.165, 1.54) is 6.20 Å². The molecule has 0 unspecified atom stereocenters. The summed E-state index contributed by atoms with van der Waals surface area (Å²) in [6, 6.07) is 0. The van der Waals surface area contributed by atoms with Crippen molar-refractivity contribution in [3.63, 3.8) is 0 Å². The van der Waals surface area contributed by atoms with Gasteiger partial charge in [0.05, 0.1) is 10.5 Å². The molecule has 0 aromatic carbocycles. The summed E-state index contributed by atoms with van der Waals surface area (Å²) in [6.45, 7) is 0. The number of nitrogens with one attached hydrogen (secondary N) is 1. The highest BCUT2D eigenvalue weighted by molar-refractivity contribution is 8.13. The highest BCUT2D eigenvalue weighted by atomic mass is 32.2. The van der Waals surface area contributed by atoms with Crippen molar-refractivity contribution in [3.8, 4) is 0 Å². The topological polar surface area (TPSA) is 79.9 Å². The molecule has 0 spiro atoms. The van der Waals surface area contributed by atoms with E-state index in [0.717, 1.165) is 28.6 Å². The van der Waals surface area contributed by atoms with E-state index in [9.17, 15) is 10.1 Å². The molecule has 0 radical (unpaired) electrons. The molecule has 1 aromatic heterocycles. The van der Waals surface area contributed by atoms with E-state index in [-0.39, 0.29) is 5.00 Å². The largest absolute Gasteiger partial charge is 0.344 e. The molecule has 1 heterocycles. The van der Waals surface area contributed by atoms with Crippen LogP contribution in [0, 0.1) is 15.5 Å². The first-order valence-electron chi connectivity index (χ1n) is 2.50. The summed E-state index contributed by atoms with van der Waals surface area (Å²) >= 11 is 2.03. The van der Waals surface area contributed by atoms with Crippen molar-refractivity contribution < 1.29 is 4.92 Å². The van der Waals surface area contributed by atoms with E-state index < -0.39 is 4.92 Å². The molecule has 0 aliphatic heterocycles. The molecule has 1 rings (SSSR count). The Morgan fingerprint density at radius 1 is 1.91 bits per heavy atom. The molecule has 7 heteroatoms. The van der Waals surface area contributed by atoms with Crippen LogP contribution >= 0.6 is 23.1 Å². The van der Waals surface area contributed by atoms with E-state index in [4.69, 9.17) is 5.41 Å². The van der Waals surface area contributed by atoms with E-state index in [2.05, 4.69) is 4.98 Å². The van der Waals surface area contributed by atoms with Crippen LogP contribution in [0.25, 0.3) is 0 Å². The van der Waals surface area contributed by atoms with Crippen molar-refractivity contribution in [2.75, 3.05) is 0 Å². The second-order valence-electron chi connectivity index (χ2n) is 1.46. The Kier molecular flexibility index (Phi) is 2.55. The van der Waals surface area contributed by atoms with Crippen LogP contribution in [0.2, 0.25) is 0 Å². The van der Waals surface area contributed by atoms with Gasteiger partial charge in [0.15, 0.2) is 4.34 Å². The average molecular weight is 189 g/mol. The smallest absolute Gasteiger partial charge is 0.301 e. The lowest BCUT2D eigenvalue weighted by Crippen LogP contribution is -1.80. The second kappa shape index (κ2) is 3.44. The van der Waals surface area contributed by atoms with Crippen LogP contribution in [0.4, 0.5) is 5.00 Å². The number of hydrogen-bond acceptors (Lipinski definition) is 6. The van der Waals surface area contributed by atoms with E-state index in [0.29, 0.717) is 4.34 Å². The molecule has 1 aromatic rings. The summed E-state index contributed by atoms with van der Waals surface area (Å²) in [5, 5.41) is 16.8. The fourth-order valence-electron chi connectivity index (χ4n) is 0.439. The molecule has 11 heavy (non-hydrogen) atoms. The molecule has 0 atom stereocenters. The predicted molar refractivity (Wildman–Crippen MR) is 43.4 cm³/mol. The number of thiazole rings is 1. The molecule has 0 fully saturated rings. The van der Waals surface area contributed by atoms with Crippen molar-refractivity contribution in [2.45, 2.75) is 4.34 Å². The lowest BCUT2D eigenvalue weighted by molar-refractivity contribution is -0.380. The van der Waals surface area contributed by atoms with Gasteiger partial charge in [-0.25, -0.2) is 4.98 Å². The third-order valence-electron chi connectivity index (χ3n) is 0.812. The minimum absolute atomic E-state index is 0.00866. The molecule has 1 N–H and O–H groups in total. The summed E-state index contributed by atoms with van der Waals surface area (Å²) in [7, 11) is 0. The summed E-state index contributed by atoms with van der Waals surface area (Å²) in [5.74, 6) is 0. The lowest BCUT2D eigenvalue weighted by atomic mass is 10.9. The van der Waals surface area contributed by atoms with Crippen molar-refractivity contribution in [1.82, 2.24) is 4.98 Å². The van der Waals surface area contributed by atoms with Gasteiger partial charge in [0.25, 0.3) is 0 Å². The average Bonchev–Trinajstić information content (AvgIpc) is 2.37. The van der Waals surface area contributed by atoms with Gasteiger partial charge < -0.3 is 5.41 Å². The zero-order valence-corrected chi connectivity index (χ0v) is 6.82. The van der Waals surface area contributed by atoms with Gasteiger partial charge >= 0.3 is 5.00 Å². The molecule has 0 saturated heterocycles. The maximum absolute atomic E-state index is 10.1. The van der Waals surface area contributed by atoms with E-state index in [1.54, 1.807) is 0 Å². The molecule has 0 aliphatic carbocycles. The van der Waals surface area contributed by atoms with Gasteiger partial charge in [-0.05, 0) is 23.1 Å². The Morgan fingerprint density at radius 2 is 2.64 bits per heavy atom. The molecule has 58 valence electrons. The highest BCUT2D eigenvalue weighted by Crippen LogP contribution is 2.27. The Labute approximate surface area is 70.1 Å². The van der Waals surface area contributed by atoms with Crippen LogP contribution in [-0.2, 0) is 0 Å². The fraction of sp³-hybridized carbons (Fsp3) is 0. The normalized spacial score (nSPS) is 9.45. The Balaban J connectivity index is 2.81. The number of nitro groups is 1. The quantitative estimate of drug-likeness (QED) is 0.258. The second-order valence-corrected chi connectivity index (χ2v) is 3.58. The SMILES string of the molecule is N=CSc1ncc([N+](=O)[O-])s1. The summed E-state index contributed by atoms with van der Waals surface area (Å²) in [4.78, 5) is 13.3. The highest BCUT2D eigenvalue weighted by Gasteiger charge is 2.10. The third kappa shape index (κ3) is 1.99. The fourth-order valence-corrected chi connectivity index (χ4v) is 1.71. The van der Waals surface area contributed by atoms with Crippen LogP contribution in [0.5, 0.6) is 0 Å². The minimum Gasteiger partial charge on any atom is -0.301 e. The first-order chi connectivity index (χ1) is 5.24. The lowest BCUT2D eigenvalue weighted by Gasteiger charge is -1.79. The Bertz CT molecular complexity index is 285. The van der Waals surface area contributed by atoms with Gasteiger partial charge in [-0.2, -0.15) is 0 Å². The number of hydrogen-bond donors (Lipinski definition) is 1. The first kappa shape index (κ1) is 8.15. The number of aromatic nitrogens is 1. The molecule has 0 bridgehead atoms.